The van der Waals surface area contributed by atoms with Crippen LogP contribution >= 0.6 is 27.5 Å². The van der Waals surface area contributed by atoms with Crippen molar-refractivity contribution in [2.24, 2.45) is 0 Å². The molecule has 1 amide bonds. The number of anilines is 2. The van der Waals surface area contributed by atoms with Gasteiger partial charge in [0.15, 0.2) is 0 Å². The van der Waals surface area contributed by atoms with Gasteiger partial charge in [0.2, 0.25) is 0 Å². The van der Waals surface area contributed by atoms with Crippen molar-refractivity contribution in [2.45, 2.75) is 4.90 Å². The van der Waals surface area contributed by atoms with Gasteiger partial charge >= 0.3 is 0 Å². The van der Waals surface area contributed by atoms with Crippen LogP contribution in [0.4, 0.5) is 11.4 Å². The first-order valence-corrected chi connectivity index (χ1v) is 11.5. The number of nitrogens with one attached hydrogen (secondary N) is 2. The number of carbonyl (C=O) groups is 1. The smallest absolute Gasteiger partial charge is 0.262 e. The summed E-state index contributed by atoms with van der Waals surface area (Å²) in [5.41, 5.74) is 0.980. The normalized spacial score (nSPS) is 11.0. The SMILES string of the molecule is COc1ccc(NS(=O)(=O)c2ccc(NC(=O)c3cc(Br)ccc3Cl)cc2)c(OC)c1. The zero-order chi connectivity index (χ0) is 22.6. The maximum atomic E-state index is 12.8. The first kappa shape index (κ1) is 22.9. The summed E-state index contributed by atoms with van der Waals surface area (Å²) >= 11 is 9.37. The van der Waals surface area contributed by atoms with Crippen LogP contribution in [0, 0.1) is 0 Å². The number of methoxy groups -OCH3 is 2. The molecule has 0 fully saturated rings. The molecule has 0 bridgehead atoms. The zero-order valence-corrected chi connectivity index (χ0v) is 19.6. The molecule has 3 rings (SSSR count). The highest BCUT2D eigenvalue weighted by Gasteiger charge is 2.18. The average Bonchev–Trinajstić information content (AvgIpc) is 2.75. The Morgan fingerprint density at radius 2 is 1.68 bits per heavy atom. The molecule has 0 unspecified atom stereocenters. The van der Waals surface area contributed by atoms with Crippen molar-refractivity contribution in [2.75, 3.05) is 24.3 Å². The van der Waals surface area contributed by atoms with Gasteiger partial charge in [-0.3, -0.25) is 9.52 Å². The Bertz CT molecular complexity index is 1220. The molecular weight excluding hydrogens is 508 g/mol. The summed E-state index contributed by atoms with van der Waals surface area (Å²) in [6, 6.07) is 15.4. The minimum absolute atomic E-state index is 0.0175. The third kappa shape index (κ3) is 5.49. The van der Waals surface area contributed by atoms with E-state index >= 15 is 0 Å². The fourth-order valence-electron chi connectivity index (χ4n) is 2.67. The summed E-state index contributed by atoms with van der Waals surface area (Å²) in [6.07, 6.45) is 0. The van der Waals surface area contributed by atoms with E-state index in [0.29, 0.717) is 32.2 Å². The monoisotopic (exact) mass is 524 g/mol. The Morgan fingerprint density at radius 1 is 0.968 bits per heavy atom. The molecule has 3 aromatic carbocycles. The van der Waals surface area contributed by atoms with Crippen molar-refractivity contribution in [3.8, 4) is 11.5 Å². The van der Waals surface area contributed by atoms with E-state index < -0.39 is 15.9 Å². The third-order valence-electron chi connectivity index (χ3n) is 4.25. The van der Waals surface area contributed by atoms with Gasteiger partial charge < -0.3 is 14.8 Å². The maximum Gasteiger partial charge on any atom is 0.262 e. The molecular formula is C21H18BrClN2O5S. The summed E-state index contributed by atoms with van der Waals surface area (Å²) in [4.78, 5) is 12.5. The zero-order valence-electron chi connectivity index (χ0n) is 16.5. The van der Waals surface area contributed by atoms with Gasteiger partial charge in [-0.2, -0.15) is 0 Å². The minimum Gasteiger partial charge on any atom is -0.497 e. The first-order chi connectivity index (χ1) is 14.7. The molecule has 10 heteroatoms. The Kier molecular flexibility index (Phi) is 7.09. The highest BCUT2D eigenvalue weighted by molar-refractivity contribution is 9.10. The Hall–Kier alpha value is -2.75. The maximum absolute atomic E-state index is 12.8. The fraction of sp³-hybridized carbons (Fsp3) is 0.0952. The van der Waals surface area contributed by atoms with Crippen molar-refractivity contribution in [1.82, 2.24) is 0 Å². The van der Waals surface area contributed by atoms with Gasteiger partial charge in [-0.05, 0) is 54.6 Å². The van der Waals surface area contributed by atoms with E-state index in [1.807, 2.05) is 0 Å². The molecule has 0 heterocycles. The van der Waals surface area contributed by atoms with E-state index in [9.17, 15) is 13.2 Å². The number of rotatable bonds is 7. The standard InChI is InChI=1S/C21H18BrClN2O5S/c1-29-15-6-10-19(20(12-15)30-2)25-31(27,28)16-7-4-14(5-8-16)24-21(26)17-11-13(22)3-9-18(17)23/h3-12,25H,1-2H3,(H,24,26). The molecule has 0 radical (unpaired) electrons. The Balaban J connectivity index is 1.77. The van der Waals surface area contributed by atoms with Crippen LogP contribution in [0.25, 0.3) is 0 Å². The van der Waals surface area contributed by atoms with Crippen LogP contribution in [0.3, 0.4) is 0 Å². The van der Waals surface area contributed by atoms with Crippen LogP contribution in [0.15, 0.2) is 70.0 Å². The van der Waals surface area contributed by atoms with Crippen molar-refractivity contribution < 1.29 is 22.7 Å². The molecule has 0 aromatic heterocycles. The molecule has 31 heavy (non-hydrogen) atoms. The second-order valence-corrected chi connectivity index (χ2v) is 9.28. The number of carbonyl (C=O) groups excluding carboxylic acids is 1. The van der Waals surface area contributed by atoms with Crippen molar-refractivity contribution in [3.63, 3.8) is 0 Å². The second-order valence-electron chi connectivity index (χ2n) is 6.27. The molecule has 0 aliphatic carbocycles. The molecule has 7 nitrogen and oxygen atoms in total. The van der Waals surface area contributed by atoms with Crippen molar-refractivity contribution >= 4 is 54.8 Å². The van der Waals surface area contributed by atoms with E-state index in [0.717, 1.165) is 0 Å². The van der Waals surface area contributed by atoms with Crippen LogP contribution in [0.2, 0.25) is 5.02 Å². The van der Waals surface area contributed by atoms with Crippen LogP contribution in [0.5, 0.6) is 11.5 Å². The van der Waals surface area contributed by atoms with Gasteiger partial charge in [0, 0.05) is 16.2 Å². The predicted octanol–water partition coefficient (Wildman–Crippen LogP) is 5.17. The largest absolute Gasteiger partial charge is 0.497 e. The lowest BCUT2D eigenvalue weighted by molar-refractivity contribution is 0.102. The summed E-state index contributed by atoms with van der Waals surface area (Å²) < 4.78 is 39.0. The lowest BCUT2D eigenvalue weighted by Crippen LogP contribution is -2.15. The van der Waals surface area contributed by atoms with Crippen LogP contribution < -0.4 is 19.5 Å². The number of halogens is 2. The van der Waals surface area contributed by atoms with Gasteiger partial charge in [-0.15, -0.1) is 0 Å². The second kappa shape index (κ2) is 9.59. The number of ether oxygens (including phenoxy) is 2. The van der Waals surface area contributed by atoms with E-state index in [4.69, 9.17) is 21.1 Å². The van der Waals surface area contributed by atoms with Crippen LogP contribution in [-0.2, 0) is 10.0 Å². The van der Waals surface area contributed by atoms with Gasteiger partial charge in [0.05, 0.1) is 35.4 Å². The minimum atomic E-state index is -3.89. The number of sulfonamides is 1. The average molecular weight is 526 g/mol. The summed E-state index contributed by atoms with van der Waals surface area (Å²) in [7, 11) is -0.950. The number of amides is 1. The predicted molar refractivity (Wildman–Crippen MR) is 124 cm³/mol. The molecule has 0 aliphatic rings. The van der Waals surface area contributed by atoms with Crippen molar-refractivity contribution in [3.05, 3.63) is 75.7 Å². The van der Waals surface area contributed by atoms with Crippen LogP contribution in [-0.4, -0.2) is 28.5 Å². The molecule has 3 aromatic rings. The molecule has 0 aliphatic heterocycles. The Morgan fingerprint density at radius 3 is 2.32 bits per heavy atom. The highest BCUT2D eigenvalue weighted by Crippen LogP contribution is 2.31. The topological polar surface area (TPSA) is 93.7 Å². The van der Waals surface area contributed by atoms with Gasteiger partial charge in [0.25, 0.3) is 15.9 Å². The quantitative estimate of drug-likeness (QED) is 0.444. The molecule has 0 saturated heterocycles. The van der Waals surface area contributed by atoms with Crippen molar-refractivity contribution in [1.29, 1.82) is 0 Å². The van der Waals surface area contributed by atoms with E-state index in [1.54, 1.807) is 36.4 Å². The molecule has 0 atom stereocenters. The first-order valence-electron chi connectivity index (χ1n) is 8.85. The van der Waals surface area contributed by atoms with E-state index in [-0.39, 0.29) is 10.6 Å². The number of benzene rings is 3. The summed E-state index contributed by atoms with van der Waals surface area (Å²) in [5, 5.41) is 3.00. The summed E-state index contributed by atoms with van der Waals surface area (Å²) in [6.45, 7) is 0. The highest BCUT2D eigenvalue weighted by atomic mass is 79.9. The third-order valence-corrected chi connectivity index (χ3v) is 6.45. The number of hydrogen-bond donors (Lipinski definition) is 2. The van der Waals surface area contributed by atoms with Gasteiger partial charge in [-0.25, -0.2) is 8.42 Å². The molecule has 0 saturated carbocycles. The molecule has 0 spiro atoms. The van der Waals surface area contributed by atoms with E-state index in [2.05, 4.69) is 26.0 Å². The van der Waals surface area contributed by atoms with Gasteiger partial charge in [0.1, 0.15) is 11.5 Å². The van der Waals surface area contributed by atoms with Gasteiger partial charge in [-0.1, -0.05) is 27.5 Å². The number of hydrogen-bond acceptors (Lipinski definition) is 5. The summed E-state index contributed by atoms with van der Waals surface area (Å²) in [5.74, 6) is 0.436. The van der Waals surface area contributed by atoms with E-state index in [1.165, 1.54) is 38.5 Å². The molecule has 162 valence electrons. The Labute approximate surface area is 193 Å². The van der Waals surface area contributed by atoms with Crippen LogP contribution in [0.1, 0.15) is 10.4 Å². The lowest BCUT2D eigenvalue weighted by Gasteiger charge is -2.13. The fourth-order valence-corrected chi connectivity index (χ4v) is 4.31. The molecule has 2 N–H and O–H groups in total. The lowest BCUT2D eigenvalue weighted by atomic mass is 10.2.